The van der Waals surface area contributed by atoms with E-state index in [0.717, 1.165) is 32.1 Å². The molecule has 1 aliphatic carbocycles. The van der Waals surface area contributed by atoms with E-state index in [2.05, 4.69) is 6.92 Å². The van der Waals surface area contributed by atoms with Gasteiger partial charge in [-0.25, -0.2) is 8.42 Å². The van der Waals surface area contributed by atoms with E-state index in [1.54, 1.807) is 12.1 Å². The molecule has 3 nitrogen and oxygen atoms in total. The monoisotopic (exact) mass is 308 g/mol. The predicted octanol–water partition coefficient (Wildman–Crippen LogP) is 3.57. The van der Waals surface area contributed by atoms with Gasteiger partial charge in [0.25, 0.3) is 0 Å². The van der Waals surface area contributed by atoms with Crippen LogP contribution in [0.25, 0.3) is 0 Å². The zero-order chi connectivity index (χ0) is 15.3. The maximum Gasteiger partial charge on any atom is 0.177 e. The number of Topliss-reactive ketones (excluding diaryl/α,β-unsaturated/α-hetero) is 1. The SMILES string of the molecule is CCCc1ccc(C(=O)CS(=O)(=O)C2CCCCC2)cc1. The number of rotatable bonds is 6. The molecule has 1 aliphatic rings. The van der Waals surface area contributed by atoms with Gasteiger partial charge in [0.05, 0.1) is 5.25 Å². The van der Waals surface area contributed by atoms with Gasteiger partial charge in [-0.2, -0.15) is 0 Å². The molecule has 0 saturated heterocycles. The van der Waals surface area contributed by atoms with Crippen LogP contribution >= 0.6 is 0 Å². The highest BCUT2D eigenvalue weighted by atomic mass is 32.2. The molecule has 0 radical (unpaired) electrons. The first-order valence-corrected chi connectivity index (χ1v) is 9.58. The third kappa shape index (κ3) is 4.40. The average molecular weight is 308 g/mol. The third-order valence-corrected chi connectivity index (χ3v) is 6.36. The first-order valence-electron chi connectivity index (χ1n) is 7.86. The number of ketones is 1. The molecule has 0 atom stereocenters. The minimum absolute atomic E-state index is 0.274. The van der Waals surface area contributed by atoms with E-state index < -0.39 is 9.84 Å². The third-order valence-electron chi connectivity index (χ3n) is 4.21. The highest BCUT2D eigenvalue weighted by Gasteiger charge is 2.29. The van der Waals surface area contributed by atoms with Crippen LogP contribution in [0.2, 0.25) is 0 Å². The number of carbonyl (C=O) groups is 1. The number of carbonyl (C=O) groups excluding carboxylic acids is 1. The molecular formula is C17H24O3S. The van der Waals surface area contributed by atoms with Crippen LogP contribution in [0, 0.1) is 0 Å². The molecule has 0 bridgehead atoms. The average Bonchev–Trinajstić information content (AvgIpc) is 2.49. The Balaban J connectivity index is 2.02. The lowest BCUT2D eigenvalue weighted by Gasteiger charge is -2.21. The predicted molar refractivity (Wildman–Crippen MR) is 85.4 cm³/mol. The molecule has 0 N–H and O–H groups in total. The second-order valence-electron chi connectivity index (χ2n) is 5.94. The van der Waals surface area contributed by atoms with Crippen molar-refractivity contribution in [3.8, 4) is 0 Å². The number of benzene rings is 1. The molecule has 1 aromatic carbocycles. The van der Waals surface area contributed by atoms with Gasteiger partial charge in [0, 0.05) is 5.56 Å². The smallest absolute Gasteiger partial charge is 0.177 e. The van der Waals surface area contributed by atoms with Crippen LogP contribution in [0.4, 0.5) is 0 Å². The van der Waals surface area contributed by atoms with Crippen LogP contribution in [0.3, 0.4) is 0 Å². The summed E-state index contributed by atoms with van der Waals surface area (Å²) in [4.78, 5) is 12.2. The standard InChI is InChI=1S/C17H24O3S/c1-2-6-14-9-11-15(12-10-14)17(18)13-21(19,20)16-7-4-3-5-8-16/h9-12,16H,2-8,13H2,1H3. The number of hydrogen-bond acceptors (Lipinski definition) is 3. The van der Waals surface area contributed by atoms with E-state index >= 15 is 0 Å². The van der Waals surface area contributed by atoms with Crippen LogP contribution in [0.5, 0.6) is 0 Å². The van der Waals surface area contributed by atoms with E-state index in [9.17, 15) is 13.2 Å². The minimum atomic E-state index is -3.30. The van der Waals surface area contributed by atoms with Gasteiger partial charge in [-0.1, -0.05) is 56.9 Å². The second-order valence-corrected chi connectivity index (χ2v) is 8.22. The van der Waals surface area contributed by atoms with Crippen molar-refractivity contribution in [2.45, 2.75) is 57.1 Å². The van der Waals surface area contributed by atoms with Crippen molar-refractivity contribution >= 4 is 15.6 Å². The van der Waals surface area contributed by atoms with Crippen LogP contribution in [0.1, 0.15) is 61.4 Å². The van der Waals surface area contributed by atoms with Gasteiger partial charge < -0.3 is 0 Å². The first kappa shape index (κ1) is 16.2. The Hall–Kier alpha value is -1.16. The molecule has 4 heteroatoms. The molecule has 116 valence electrons. The summed E-state index contributed by atoms with van der Waals surface area (Å²) in [7, 11) is -3.30. The fourth-order valence-electron chi connectivity index (χ4n) is 2.95. The quantitative estimate of drug-likeness (QED) is 0.755. The van der Waals surface area contributed by atoms with Crippen molar-refractivity contribution in [3.63, 3.8) is 0 Å². The minimum Gasteiger partial charge on any atom is -0.293 e. The van der Waals surface area contributed by atoms with E-state index in [1.165, 1.54) is 5.56 Å². The molecule has 0 amide bonds. The Labute approximate surface area is 127 Å². The fourth-order valence-corrected chi connectivity index (χ4v) is 4.77. The summed E-state index contributed by atoms with van der Waals surface area (Å²) < 4.78 is 24.6. The van der Waals surface area contributed by atoms with Crippen molar-refractivity contribution in [2.75, 3.05) is 5.75 Å². The van der Waals surface area contributed by atoms with Gasteiger partial charge in [0.1, 0.15) is 5.75 Å². The lowest BCUT2D eigenvalue weighted by molar-refractivity contribution is 0.102. The van der Waals surface area contributed by atoms with Crippen LogP contribution in [0.15, 0.2) is 24.3 Å². The largest absolute Gasteiger partial charge is 0.293 e. The molecule has 0 unspecified atom stereocenters. The molecule has 21 heavy (non-hydrogen) atoms. The van der Waals surface area contributed by atoms with Crippen LogP contribution < -0.4 is 0 Å². The van der Waals surface area contributed by atoms with Gasteiger partial charge >= 0.3 is 0 Å². The molecule has 0 spiro atoms. The number of sulfone groups is 1. The van der Waals surface area contributed by atoms with E-state index in [1.807, 2.05) is 12.1 Å². The van der Waals surface area contributed by atoms with E-state index in [4.69, 9.17) is 0 Å². The van der Waals surface area contributed by atoms with Gasteiger partial charge in [0.2, 0.25) is 0 Å². The molecule has 1 saturated carbocycles. The summed E-state index contributed by atoms with van der Waals surface area (Å²) in [5.41, 5.74) is 1.69. The lowest BCUT2D eigenvalue weighted by atomic mass is 10.0. The lowest BCUT2D eigenvalue weighted by Crippen LogP contribution is -2.29. The Morgan fingerprint density at radius 1 is 1.10 bits per heavy atom. The molecule has 0 aromatic heterocycles. The van der Waals surface area contributed by atoms with E-state index in [0.29, 0.717) is 18.4 Å². The maximum atomic E-state index is 12.3. The highest BCUT2D eigenvalue weighted by molar-refractivity contribution is 7.92. The zero-order valence-electron chi connectivity index (χ0n) is 12.7. The summed E-state index contributed by atoms with van der Waals surface area (Å²) in [6.07, 6.45) is 6.50. The summed E-state index contributed by atoms with van der Waals surface area (Å²) in [5.74, 6) is -0.617. The molecule has 1 fully saturated rings. The van der Waals surface area contributed by atoms with Crippen molar-refractivity contribution in [1.29, 1.82) is 0 Å². The van der Waals surface area contributed by atoms with Crippen molar-refractivity contribution < 1.29 is 13.2 Å². The molecule has 2 rings (SSSR count). The molecule has 0 heterocycles. The number of hydrogen-bond donors (Lipinski definition) is 0. The van der Waals surface area contributed by atoms with Crippen molar-refractivity contribution in [2.24, 2.45) is 0 Å². The molecule has 1 aromatic rings. The van der Waals surface area contributed by atoms with Crippen LogP contribution in [-0.4, -0.2) is 25.2 Å². The highest BCUT2D eigenvalue weighted by Crippen LogP contribution is 2.24. The van der Waals surface area contributed by atoms with Gasteiger partial charge in [-0.3, -0.25) is 4.79 Å². The fraction of sp³-hybridized carbons (Fsp3) is 0.588. The summed E-state index contributed by atoms with van der Waals surface area (Å²) in [6.45, 7) is 2.11. The normalized spacial score (nSPS) is 16.8. The Morgan fingerprint density at radius 3 is 2.29 bits per heavy atom. The molecule has 0 aliphatic heterocycles. The summed E-state index contributed by atoms with van der Waals surface area (Å²) >= 11 is 0. The summed E-state index contributed by atoms with van der Waals surface area (Å²) in [6, 6.07) is 7.35. The van der Waals surface area contributed by atoms with Gasteiger partial charge in [0.15, 0.2) is 15.6 Å². The number of aryl methyl sites for hydroxylation is 1. The Kier molecular flexibility index (Phi) is 5.57. The topological polar surface area (TPSA) is 51.2 Å². The Bertz CT molecular complexity index is 567. The molecular weight excluding hydrogens is 284 g/mol. The van der Waals surface area contributed by atoms with Crippen molar-refractivity contribution in [3.05, 3.63) is 35.4 Å². The van der Waals surface area contributed by atoms with E-state index in [-0.39, 0.29) is 16.8 Å². The van der Waals surface area contributed by atoms with Gasteiger partial charge in [-0.05, 0) is 24.8 Å². The Morgan fingerprint density at radius 2 is 1.71 bits per heavy atom. The maximum absolute atomic E-state index is 12.3. The zero-order valence-corrected chi connectivity index (χ0v) is 13.5. The summed E-state index contributed by atoms with van der Waals surface area (Å²) in [5, 5.41) is -0.311. The first-order chi connectivity index (χ1) is 10.0. The van der Waals surface area contributed by atoms with Gasteiger partial charge in [-0.15, -0.1) is 0 Å². The van der Waals surface area contributed by atoms with Crippen molar-refractivity contribution in [1.82, 2.24) is 0 Å². The van der Waals surface area contributed by atoms with Crippen LogP contribution in [-0.2, 0) is 16.3 Å². The second kappa shape index (κ2) is 7.21.